The number of benzene rings is 1. The molecule has 20 heavy (non-hydrogen) atoms. The monoisotopic (exact) mass is 296 g/mol. The van der Waals surface area contributed by atoms with Crippen LogP contribution in [0.1, 0.15) is 25.8 Å². The lowest BCUT2D eigenvalue weighted by molar-refractivity contribution is 0.415. The Kier molecular flexibility index (Phi) is 4.81. The molecule has 2 N–H and O–H groups in total. The average Bonchev–Trinajstić information content (AvgIpc) is 2.90. The quantitative estimate of drug-likeness (QED) is 0.853. The van der Waals surface area contributed by atoms with Crippen LogP contribution in [0.2, 0.25) is 5.02 Å². The van der Waals surface area contributed by atoms with E-state index in [9.17, 15) is 0 Å². The van der Waals surface area contributed by atoms with Gasteiger partial charge in [-0.2, -0.15) is 0 Å². The van der Waals surface area contributed by atoms with Crippen molar-refractivity contribution in [3.05, 3.63) is 29.1 Å². The first-order valence-electron chi connectivity index (χ1n) is 6.31. The van der Waals surface area contributed by atoms with Crippen LogP contribution in [0.5, 0.6) is 5.75 Å². The van der Waals surface area contributed by atoms with Gasteiger partial charge < -0.3 is 19.8 Å². The predicted octanol–water partition coefficient (Wildman–Crippen LogP) is 3.15. The van der Waals surface area contributed by atoms with Gasteiger partial charge in [0.15, 0.2) is 0 Å². The molecule has 0 aliphatic heterocycles. The summed E-state index contributed by atoms with van der Waals surface area (Å²) in [6.45, 7) is 4.80. The van der Waals surface area contributed by atoms with E-state index in [0.717, 1.165) is 6.54 Å². The first-order chi connectivity index (χ1) is 9.63. The number of halogens is 1. The van der Waals surface area contributed by atoms with E-state index in [0.29, 0.717) is 28.4 Å². The Morgan fingerprint density at radius 3 is 2.90 bits per heavy atom. The van der Waals surface area contributed by atoms with E-state index in [1.165, 1.54) is 0 Å². The molecule has 0 aliphatic rings. The lowest BCUT2D eigenvalue weighted by Gasteiger charge is -2.07. The molecule has 6 nitrogen and oxygen atoms in total. The van der Waals surface area contributed by atoms with Crippen LogP contribution < -0.4 is 15.4 Å². The van der Waals surface area contributed by atoms with Crippen LogP contribution in [-0.2, 0) is 0 Å². The number of methoxy groups -OCH3 is 1. The molecule has 0 saturated carbocycles. The maximum Gasteiger partial charge on any atom is 0.320 e. The van der Waals surface area contributed by atoms with Crippen LogP contribution >= 0.6 is 11.6 Å². The molecule has 0 aliphatic carbocycles. The van der Waals surface area contributed by atoms with Crippen molar-refractivity contribution in [2.45, 2.75) is 19.9 Å². The summed E-state index contributed by atoms with van der Waals surface area (Å²) in [6.07, 6.45) is 0. The number of ether oxygens (including phenoxy) is 1. The Hall–Kier alpha value is -1.79. The first kappa shape index (κ1) is 14.6. The second-order valence-electron chi connectivity index (χ2n) is 4.20. The molecular formula is C13H17ClN4O2. The van der Waals surface area contributed by atoms with Gasteiger partial charge in [-0.3, -0.25) is 0 Å². The highest BCUT2D eigenvalue weighted by Crippen LogP contribution is 2.29. The molecule has 7 heteroatoms. The van der Waals surface area contributed by atoms with E-state index >= 15 is 0 Å². The number of anilines is 2. The van der Waals surface area contributed by atoms with Gasteiger partial charge in [0.1, 0.15) is 5.75 Å². The van der Waals surface area contributed by atoms with Crippen molar-refractivity contribution in [3.8, 4) is 5.75 Å². The number of nitrogens with one attached hydrogen (secondary N) is 2. The number of hydrogen-bond donors (Lipinski definition) is 2. The second kappa shape index (κ2) is 6.58. The van der Waals surface area contributed by atoms with Gasteiger partial charge in [0.25, 0.3) is 0 Å². The highest BCUT2D eigenvalue weighted by Gasteiger charge is 2.13. The van der Waals surface area contributed by atoms with Gasteiger partial charge in [-0.15, -0.1) is 5.10 Å². The molecule has 0 spiro atoms. The standard InChI is InChI=1S/C13H17ClN4O2/c1-4-15-8(2)12-17-18-13(20-12)16-11-7-9(19-3)5-6-10(11)14/h5-8,15H,4H2,1-3H3,(H,16,18). The summed E-state index contributed by atoms with van der Waals surface area (Å²) in [7, 11) is 1.59. The van der Waals surface area contributed by atoms with Crippen molar-refractivity contribution in [2.24, 2.45) is 0 Å². The summed E-state index contributed by atoms with van der Waals surface area (Å²) in [5.41, 5.74) is 0.650. The summed E-state index contributed by atoms with van der Waals surface area (Å²) in [5, 5.41) is 14.7. The highest BCUT2D eigenvalue weighted by atomic mass is 35.5. The third kappa shape index (κ3) is 3.40. The maximum absolute atomic E-state index is 6.10. The summed E-state index contributed by atoms with van der Waals surface area (Å²) in [4.78, 5) is 0. The molecule has 2 rings (SSSR count). The third-order valence-corrected chi connectivity index (χ3v) is 3.07. The van der Waals surface area contributed by atoms with E-state index in [1.54, 1.807) is 25.3 Å². The van der Waals surface area contributed by atoms with Crippen LogP contribution in [0.15, 0.2) is 22.6 Å². The molecule has 0 fully saturated rings. The number of aromatic nitrogens is 2. The van der Waals surface area contributed by atoms with Crippen LogP contribution in [0.4, 0.5) is 11.7 Å². The van der Waals surface area contributed by atoms with Gasteiger partial charge in [-0.05, 0) is 25.6 Å². The Bertz CT molecular complexity index is 573. The topological polar surface area (TPSA) is 72.2 Å². The summed E-state index contributed by atoms with van der Waals surface area (Å²) in [5.74, 6) is 1.21. The predicted molar refractivity (Wildman–Crippen MR) is 77.7 cm³/mol. The molecule has 1 aromatic carbocycles. The van der Waals surface area contributed by atoms with Gasteiger partial charge in [0, 0.05) is 6.07 Å². The van der Waals surface area contributed by atoms with Gasteiger partial charge in [-0.25, -0.2) is 0 Å². The lowest BCUT2D eigenvalue weighted by atomic mass is 10.3. The minimum Gasteiger partial charge on any atom is -0.497 e. The molecule has 1 unspecified atom stereocenters. The van der Waals surface area contributed by atoms with Crippen molar-refractivity contribution < 1.29 is 9.15 Å². The van der Waals surface area contributed by atoms with E-state index in [2.05, 4.69) is 20.8 Å². The molecular weight excluding hydrogens is 280 g/mol. The van der Waals surface area contributed by atoms with Crippen molar-refractivity contribution >= 4 is 23.3 Å². The molecule has 0 amide bonds. The smallest absolute Gasteiger partial charge is 0.320 e. The van der Waals surface area contributed by atoms with E-state index in [1.807, 2.05) is 13.8 Å². The fourth-order valence-corrected chi connectivity index (χ4v) is 1.86. The molecule has 0 saturated heterocycles. The van der Waals surface area contributed by atoms with Gasteiger partial charge in [-0.1, -0.05) is 23.6 Å². The average molecular weight is 297 g/mol. The summed E-state index contributed by atoms with van der Waals surface area (Å²) < 4.78 is 10.7. The van der Waals surface area contributed by atoms with Gasteiger partial charge in [0.05, 0.1) is 23.9 Å². The van der Waals surface area contributed by atoms with E-state index in [4.69, 9.17) is 20.8 Å². The number of hydrogen-bond acceptors (Lipinski definition) is 6. The van der Waals surface area contributed by atoms with Crippen LogP contribution in [0.25, 0.3) is 0 Å². The largest absolute Gasteiger partial charge is 0.497 e. The van der Waals surface area contributed by atoms with Crippen molar-refractivity contribution in [1.82, 2.24) is 15.5 Å². The van der Waals surface area contributed by atoms with Crippen LogP contribution in [-0.4, -0.2) is 23.9 Å². The Labute approximate surface area is 122 Å². The number of nitrogens with zero attached hydrogens (tertiary/aromatic N) is 2. The van der Waals surface area contributed by atoms with Gasteiger partial charge in [0.2, 0.25) is 5.89 Å². The zero-order valence-corrected chi connectivity index (χ0v) is 12.4. The fourth-order valence-electron chi connectivity index (χ4n) is 1.70. The van der Waals surface area contributed by atoms with Crippen molar-refractivity contribution in [3.63, 3.8) is 0 Å². The number of rotatable bonds is 6. The minimum atomic E-state index is 0.00355. The molecule has 1 atom stereocenters. The van der Waals surface area contributed by atoms with Gasteiger partial charge >= 0.3 is 6.01 Å². The van der Waals surface area contributed by atoms with Crippen LogP contribution in [0, 0.1) is 0 Å². The molecule has 0 bridgehead atoms. The molecule has 108 valence electrons. The molecule has 0 radical (unpaired) electrons. The Morgan fingerprint density at radius 2 is 2.20 bits per heavy atom. The minimum absolute atomic E-state index is 0.00355. The molecule has 1 aromatic heterocycles. The molecule has 2 aromatic rings. The van der Waals surface area contributed by atoms with Crippen molar-refractivity contribution in [1.29, 1.82) is 0 Å². The first-order valence-corrected chi connectivity index (χ1v) is 6.69. The fraction of sp³-hybridized carbons (Fsp3) is 0.385. The van der Waals surface area contributed by atoms with Crippen molar-refractivity contribution in [2.75, 3.05) is 19.0 Å². The third-order valence-electron chi connectivity index (χ3n) is 2.74. The summed E-state index contributed by atoms with van der Waals surface area (Å²) >= 11 is 6.10. The molecule has 1 heterocycles. The highest BCUT2D eigenvalue weighted by molar-refractivity contribution is 6.33. The maximum atomic E-state index is 6.10. The zero-order valence-electron chi connectivity index (χ0n) is 11.6. The van der Waals surface area contributed by atoms with E-state index in [-0.39, 0.29) is 6.04 Å². The normalized spacial score (nSPS) is 12.2. The SMILES string of the molecule is CCNC(C)c1nnc(Nc2cc(OC)ccc2Cl)o1. The second-order valence-corrected chi connectivity index (χ2v) is 4.60. The lowest BCUT2D eigenvalue weighted by Crippen LogP contribution is -2.17. The summed E-state index contributed by atoms with van der Waals surface area (Å²) in [6, 6.07) is 5.57. The zero-order chi connectivity index (χ0) is 14.5. The Balaban J connectivity index is 2.14. The van der Waals surface area contributed by atoms with E-state index < -0.39 is 0 Å². The Morgan fingerprint density at radius 1 is 1.40 bits per heavy atom. The van der Waals surface area contributed by atoms with Crippen LogP contribution in [0.3, 0.4) is 0 Å².